The van der Waals surface area contributed by atoms with Crippen LogP contribution < -0.4 is 10.6 Å². The first-order chi connectivity index (χ1) is 10.9. The molecular formula is C18H28N2O3. The lowest BCUT2D eigenvalue weighted by Gasteiger charge is -2.14. The number of benzene rings is 1. The Morgan fingerprint density at radius 1 is 1.13 bits per heavy atom. The van der Waals surface area contributed by atoms with E-state index in [1.54, 1.807) is 12.1 Å². The van der Waals surface area contributed by atoms with Gasteiger partial charge in [0.2, 0.25) is 11.8 Å². The maximum absolute atomic E-state index is 11.9. The van der Waals surface area contributed by atoms with Crippen molar-refractivity contribution in [3.05, 3.63) is 29.8 Å². The van der Waals surface area contributed by atoms with Gasteiger partial charge in [-0.05, 0) is 36.5 Å². The summed E-state index contributed by atoms with van der Waals surface area (Å²) in [4.78, 5) is 23.6. The smallest absolute Gasteiger partial charge is 0.224 e. The summed E-state index contributed by atoms with van der Waals surface area (Å²) in [5.41, 5.74) is 1.61. The summed E-state index contributed by atoms with van der Waals surface area (Å²) >= 11 is 0. The number of carbonyl (C=O) groups is 2. The summed E-state index contributed by atoms with van der Waals surface area (Å²) in [5, 5.41) is 14.7. The summed E-state index contributed by atoms with van der Waals surface area (Å²) in [6, 6.07) is 7.08. The molecule has 0 bridgehead atoms. The quantitative estimate of drug-likeness (QED) is 0.654. The molecule has 1 aromatic rings. The molecular weight excluding hydrogens is 292 g/mol. The lowest BCUT2D eigenvalue weighted by Crippen LogP contribution is -2.37. The van der Waals surface area contributed by atoms with Gasteiger partial charge < -0.3 is 15.7 Å². The molecule has 23 heavy (non-hydrogen) atoms. The summed E-state index contributed by atoms with van der Waals surface area (Å²) in [6.07, 6.45) is 2.34. The molecule has 0 saturated carbocycles. The molecule has 1 atom stereocenters. The summed E-state index contributed by atoms with van der Waals surface area (Å²) in [5.74, 6) is 0.407. The number of hydrogen-bond donors (Lipinski definition) is 3. The highest BCUT2D eigenvalue weighted by molar-refractivity contribution is 5.90. The second-order valence-electron chi connectivity index (χ2n) is 6.21. The Bertz CT molecular complexity index is 493. The predicted molar refractivity (Wildman–Crippen MR) is 92.2 cm³/mol. The molecule has 3 N–H and O–H groups in total. The number of carbonyl (C=O) groups excluding carboxylic acids is 2. The first kappa shape index (κ1) is 19.2. The zero-order chi connectivity index (χ0) is 17.2. The van der Waals surface area contributed by atoms with E-state index in [4.69, 9.17) is 5.11 Å². The average Bonchev–Trinajstić information content (AvgIpc) is 2.52. The highest BCUT2D eigenvalue weighted by Crippen LogP contribution is 2.12. The van der Waals surface area contributed by atoms with Crippen LogP contribution in [0.15, 0.2) is 24.3 Å². The van der Waals surface area contributed by atoms with Gasteiger partial charge in [-0.15, -0.1) is 0 Å². The molecule has 1 aromatic carbocycles. The molecule has 0 aliphatic rings. The fourth-order valence-electron chi connectivity index (χ4n) is 2.09. The first-order valence-electron chi connectivity index (χ1n) is 8.23. The van der Waals surface area contributed by atoms with Crippen molar-refractivity contribution in [2.75, 3.05) is 11.9 Å². The predicted octanol–water partition coefficient (Wildman–Crippen LogP) is 2.49. The van der Waals surface area contributed by atoms with E-state index >= 15 is 0 Å². The van der Waals surface area contributed by atoms with Crippen LogP contribution >= 0.6 is 0 Å². The number of anilines is 1. The van der Waals surface area contributed by atoms with Crippen LogP contribution in [0.2, 0.25) is 0 Å². The van der Waals surface area contributed by atoms with Gasteiger partial charge in [0.1, 0.15) is 0 Å². The maximum atomic E-state index is 11.9. The molecule has 1 unspecified atom stereocenters. The Labute approximate surface area is 138 Å². The molecule has 5 heteroatoms. The molecule has 128 valence electrons. The van der Waals surface area contributed by atoms with Gasteiger partial charge in [-0.2, -0.15) is 0 Å². The molecule has 0 radical (unpaired) electrons. The molecule has 0 aromatic heterocycles. The summed E-state index contributed by atoms with van der Waals surface area (Å²) in [6.45, 7) is 6.04. The lowest BCUT2D eigenvalue weighted by molar-refractivity contribution is -0.121. The molecule has 0 spiro atoms. The van der Waals surface area contributed by atoms with Gasteiger partial charge in [-0.25, -0.2) is 0 Å². The van der Waals surface area contributed by atoms with E-state index in [0.29, 0.717) is 18.8 Å². The standard InChI is InChI=1S/C18H28N2O3/c1-4-15(12-21)19-18(23)11-14-6-8-16(9-7-14)20-17(22)10-5-13(2)3/h6-9,13,15,21H,4-5,10-12H2,1-3H3,(H,19,23)(H,20,22). The zero-order valence-corrected chi connectivity index (χ0v) is 14.3. The van der Waals surface area contributed by atoms with Crippen molar-refractivity contribution in [2.24, 2.45) is 5.92 Å². The molecule has 5 nitrogen and oxygen atoms in total. The third kappa shape index (κ3) is 7.79. The van der Waals surface area contributed by atoms with E-state index in [1.165, 1.54) is 0 Å². The Morgan fingerprint density at radius 3 is 2.30 bits per heavy atom. The van der Waals surface area contributed by atoms with Crippen molar-refractivity contribution in [3.8, 4) is 0 Å². The van der Waals surface area contributed by atoms with Crippen LogP contribution in [0.4, 0.5) is 5.69 Å². The van der Waals surface area contributed by atoms with Crippen molar-refractivity contribution >= 4 is 17.5 Å². The SMILES string of the molecule is CCC(CO)NC(=O)Cc1ccc(NC(=O)CCC(C)C)cc1. The highest BCUT2D eigenvalue weighted by atomic mass is 16.3. The number of nitrogens with one attached hydrogen (secondary N) is 2. The van der Waals surface area contributed by atoms with Gasteiger partial charge in [0.15, 0.2) is 0 Å². The van der Waals surface area contributed by atoms with E-state index in [-0.39, 0.29) is 30.9 Å². The van der Waals surface area contributed by atoms with Crippen molar-refractivity contribution in [1.82, 2.24) is 5.32 Å². The number of aliphatic hydroxyl groups excluding tert-OH is 1. The number of amides is 2. The Hall–Kier alpha value is -1.88. The topological polar surface area (TPSA) is 78.4 Å². The third-order valence-electron chi connectivity index (χ3n) is 3.63. The second kappa shape index (κ2) is 10.0. The third-order valence-corrected chi connectivity index (χ3v) is 3.63. The Kier molecular flexibility index (Phi) is 8.33. The van der Waals surface area contributed by atoms with Gasteiger partial charge in [-0.3, -0.25) is 9.59 Å². The summed E-state index contributed by atoms with van der Waals surface area (Å²) < 4.78 is 0. The molecule has 0 heterocycles. The molecule has 0 aliphatic carbocycles. The van der Waals surface area contributed by atoms with Gasteiger partial charge in [0.05, 0.1) is 19.1 Å². The van der Waals surface area contributed by atoms with Crippen molar-refractivity contribution in [1.29, 1.82) is 0 Å². The molecule has 1 rings (SSSR count). The van der Waals surface area contributed by atoms with Crippen LogP contribution in [0.1, 0.15) is 45.6 Å². The maximum Gasteiger partial charge on any atom is 0.224 e. The van der Waals surface area contributed by atoms with Crippen LogP contribution in [0, 0.1) is 5.92 Å². The largest absolute Gasteiger partial charge is 0.394 e. The number of rotatable bonds is 9. The highest BCUT2D eigenvalue weighted by Gasteiger charge is 2.10. The van der Waals surface area contributed by atoms with Crippen LogP contribution in [0.25, 0.3) is 0 Å². The molecule has 0 aliphatic heterocycles. The van der Waals surface area contributed by atoms with Crippen molar-refractivity contribution in [2.45, 2.75) is 52.5 Å². The van der Waals surface area contributed by atoms with Crippen LogP contribution in [-0.2, 0) is 16.0 Å². The molecule has 0 fully saturated rings. The van der Waals surface area contributed by atoms with Crippen molar-refractivity contribution < 1.29 is 14.7 Å². The van der Waals surface area contributed by atoms with E-state index in [9.17, 15) is 9.59 Å². The normalized spacial score (nSPS) is 12.0. The van der Waals surface area contributed by atoms with Crippen molar-refractivity contribution in [3.63, 3.8) is 0 Å². The zero-order valence-electron chi connectivity index (χ0n) is 14.3. The first-order valence-corrected chi connectivity index (χ1v) is 8.23. The lowest BCUT2D eigenvalue weighted by atomic mass is 10.1. The Morgan fingerprint density at radius 2 is 1.78 bits per heavy atom. The van der Waals surface area contributed by atoms with E-state index in [1.807, 2.05) is 19.1 Å². The fraction of sp³-hybridized carbons (Fsp3) is 0.556. The summed E-state index contributed by atoms with van der Waals surface area (Å²) in [7, 11) is 0. The van der Waals surface area contributed by atoms with Gasteiger partial charge in [0.25, 0.3) is 0 Å². The average molecular weight is 320 g/mol. The van der Waals surface area contributed by atoms with E-state index in [2.05, 4.69) is 24.5 Å². The van der Waals surface area contributed by atoms with Crippen LogP contribution in [-0.4, -0.2) is 29.6 Å². The number of aliphatic hydroxyl groups is 1. The van der Waals surface area contributed by atoms with E-state index in [0.717, 1.165) is 17.7 Å². The van der Waals surface area contributed by atoms with Crippen LogP contribution in [0.5, 0.6) is 0 Å². The van der Waals surface area contributed by atoms with Gasteiger partial charge in [0, 0.05) is 12.1 Å². The second-order valence-corrected chi connectivity index (χ2v) is 6.21. The molecule has 0 saturated heterocycles. The minimum atomic E-state index is -0.193. The monoisotopic (exact) mass is 320 g/mol. The van der Waals surface area contributed by atoms with E-state index < -0.39 is 0 Å². The van der Waals surface area contributed by atoms with Gasteiger partial charge in [-0.1, -0.05) is 32.9 Å². The molecule has 2 amide bonds. The fourth-order valence-corrected chi connectivity index (χ4v) is 2.09. The van der Waals surface area contributed by atoms with Crippen LogP contribution in [0.3, 0.4) is 0 Å². The minimum Gasteiger partial charge on any atom is -0.394 e. The number of hydrogen-bond acceptors (Lipinski definition) is 3. The Balaban J connectivity index is 2.47. The van der Waals surface area contributed by atoms with Gasteiger partial charge >= 0.3 is 0 Å². The minimum absolute atomic E-state index is 0.0120.